The van der Waals surface area contributed by atoms with Crippen LogP contribution < -0.4 is 10.2 Å². The zero-order chi connectivity index (χ0) is 23.4. The Morgan fingerprint density at radius 3 is 2.32 bits per heavy atom. The summed E-state index contributed by atoms with van der Waals surface area (Å²) in [6, 6.07) is 20.3. The summed E-state index contributed by atoms with van der Waals surface area (Å²) in [5, 5.41) is 8.90. The lowest BCUT2D eigenvalue weighted by atomic mass is 9.85. The second-order valence-electron chi connectivity index (χ2n) is 8.51. The Morgan fingerprint density at radius 2 is 1.53 bits per heavy atom. The third kappa shape index (κ3) is 2.88. The summed E-state index contributed by atoms with van der Waals surface area (Å²) < 4.78 is 14.6. The number of benzene rings is 3. The SMILES string of the molecule is O=C(Nc1ccccc1)[C@@H]1[C@@H]2C(=O)N(c3ccccc3F)C(=O)[C@@H]2[C@@H]2c3ccccc3C=NN12. The smallest absolute Gasteiger partial charge is 0.249 e. The van der Waals surface area contributed by atoms with E-state index in [4.69, 9.17) is 0 Å². The third-order valence-electron chi connectivity index (χ3n) is 6.70. The maximum Gasteiger partial charge on any atom is 0.249 e. The molecule has 0 unspecified atom stereocenters. The molecule has 3 aromatic rings. The van der Waals surface area contributed by atoms with Crippen LogP contribution in [0.15, 0.2) is 84.0 Å². The summed E-state index contributed by atoms with van der Waals surface area (Å²) >= 11 is 0. The molecule has 1 N–H and O–H groups in total. The fourth-order valence-corrected chi connectivity index (χ4v) is 5.28. The molecule has 3 aliphatic rings. The van der Waals surface area contributed by atoms with E-state index in [2.05, 4.69) is 10.4 Å². The van der Waals surface area contributed by atoms with Gasteiger partial charge in [0, 0.05) is 5.69 Å². The van der Waals surface area contributed by atoms with Gasteiger partial charge in [-0.25, -0.2) is 9.29 Å². The van der Waals surface area contributed by atoms with Crippen LogP contribution in [-0.2, 0) is 14.4 Å². The van der Waals surface area contributed by atoms with Gasteiger partial charge in [-0.2, -0.15) is 5.10 Å². The number of hydrazone groups is 1. The van der Waals surface area contributed by atoms with Gasteiger partial charge < -0.3 is 5.32 Å². The molecule has 34 heavy (non-hydrogen) atoms. The number of halogens is 1. The highest BCUT2D eigenvalue weighted by Crippen LogP contribution is 2.52. The predicted octanol–water partition coefficient (Wildman–Crippen LogP) is 3.34. The van der Waals surface area contributed by atoms with E-state index in [9.17, 15) is 18.8 Å². The Balaban J connectivity index is 1.46. The molecule has 0 aromatic heterocycles. The van der Waals surface area contributed by atoms with Crippen LogP contribution in [0.1, 0.15) is 17.2 Å². The van der Waals surface area contributed by atoms with Crippen molar-refractivity contribution in [3.63, 3.8) is 0 Å². The number of nitrogens with one attached hydrogen (secondary N) is 1. The van der Waals surface area contributed by atoms with Gasteiger partial charge in [0.05, 0.1) is 29.8 Å². The zero-order valence-corrected chi connectivity index (χ0v) is 17.8. The largest absolute Gasteiger partial charge is 0.324 e. The minimum atomic E-state index is -1.03. The number of anilines is 2. The molecular formula is C26H19FN4O3. The number of amides is 3. The van der Waals surface area contributed by atoms with Crippen molar-refractivity contribution >= 4 is 35.3 Å². The number of rotatable bonds is 3. The fourth-order valence-electron chi connectivity index (χ4n) is 5.28. The molecule has 3 aliphatic heterocycles. The molecule has 0 saturated carbocycles. The van der Waals surface area contributed by atoms with Gasteiger partial charge >= 0.3 is 0 Å². The molecule has 3 amide bonds. The lowest BCUT2D eigenvalue weighted by Crippen LogP contribution is -2.46. The molecule has 8 heteroatoms. The van der Waals surface area contributed by atoms with E-state index >= 15 is 0 Å². The molecule has 2 fully saturated rings. The molecule has 0 radical (unpaired) electrons. The van der Waals surface area contributed by atoms with Crippen LogP contribution in [-0.4, -0.2) is 35.0 Å². The van der Waals surface area contributed by atoms with E-state index in [0.29, 0.717) is 5.69 Å². The second kappa shape index (κ2) is 7.62. The van der Waals surface area contributed by atoms with Gasteiger partial charge in [0.15, 0.2) is 0 Å². The van der Waals surface area contributed by atoms with Gasteiger partial charge in [-0.1, -0.05) is 54.6 Å². The maximum absolute atomic E-state index is 14.6. The fraction of sp³-hybridized carbons (Fsp3) is 0.154. The molecule has 0 spiro atoms. The molecule has 168 valence electrons. The van der Waals surface area contributed by atoms with Crippen LogP contribution in [0.4, 0.5) is 15.8 Å². The highest BCUT2D eigenvalue weighted by Gasteiger charge is 2.65. The zero-order valence-electron chi connectivity index (χ0n) is 17.8. The molecule has 4 atom stereocenters. The van der Waals surface area contributed by atoms with Crippen molar-refractivity contribution in [3.05, 3.63) is 95.8 Å². The van der Waals surface area contributed by atoms with E-state index in [1.165, 1.54) is 18.2 Å². The van der Waals surface area contributed by atoms with Gasteiger partial charge in [-0.3, -0.25) is 19.4 Å². The first-order valence-electron chi connectivity index (χ1n) is 11.0. The summed E-state index contributed by atoms with van der Waals surface area (Å²) in [6.45, 7) is 0. The standard InChI is InChI=1S/C26H19FN4O3/c27-18-12-6-7-13-19(18)30-25(33)20-21(26(30)34)23(24(32)29-16-9-2-1-3-10-16)31-22(20)17-11-5-4-8-15(17)14-28-31/h1-14,20-23H,(H,29,32)/t20-,21+,22-,23-/m0/s1. The van der Waals surface area contributed by atoms with Crippen molar-refractivity contribution in [1.29, 1.82) is 0 Å². The Morgan fingerprint density at radius 1 is 0.853 bits per heavy atom. The maximum atomic E-state index is 14.6. The first kappa shape index (κ1) is 20.3. The van der Waals surface area contributed by atoms with E-state index in [1.807, 2.05) is 30.3 Å². The summed E-state index contributed by atoms with van der Waals surface area (Å²) in [5.41, 5.74) is 2.08. The summed E-state index contributed by atoms with van der Waals surface area (Å²) in [6.07, 6.45) is 1.64. The van der Waals surface area contributed by atoms with Crippen LogP contribution in [0.2, 0.25) is 0 Å². The molecule has 7 nitrogen and oxygen atoms in total. The number of nitrogens with zero attached hydrogens (tertiary/aromatic N) is 3. The molecule has 0 bridgehead atoms. The molecule has 2 saturated heterocycles. The number of imide groups is 1. The minimum Gasteiger partial charge on any atom is -0.324 e. The lowest BCUT2D eigenvalue weighted by Gasteiger charge is -2.33. The van der Waals surface area contributed by atoms with Crippen LogP contribution in [0, 0.1) is 17.7 Å². The van der Waals surface area contributed by atoms with Crippen molar-refractivity contribution in [3.8, 4) is 0 Å². The van der Waals surface area contributed by atoms with E-state index in [-0.39, 0.29) is 5.69 Å². The second-order valence-corrected chi connectivity index (χ2v) is 8.51. The summed E-state index contributed by atoms with van der Waals surface area (Å²) in [7, 11) is 0. The Kier molecular flexibility index (Phi) is 4.55. The molecule has 6 rings (SSSR count). The third-order valence-corrected chi connectivity index (χ3v) is 6.70. The normalized spacial score (nSPS) is 24.6. The van der Waals surface area contributed by atoms with Gasteiger partial charge in [0.2, 0.25) is 17.7 Å². The number of carbonyl (C=O) groups is 3. The van der Waals surface area contributed by atoms with E-state index in [1.54, 1.807) is 41.6 Å². The van der Waals surface area contributed by atoms with E-state index < -0.39 is 47.5 Å². The summed E-state index contributed by atoms with van der Waals surface area (Å²) in [4.78, 5) is 41.7. The molecular weight excluding hydrogens is 435 g/mol. The molecule has 3 aromatic carbocycles. The van der Waals surface area contributed by atoms with Gasteiger partial charge in [-0.15, -0.1) is 0 Å². The summed E-state index contributed by atoms with van der Waals surface area (Å²) in [5.74, 6) is -4.14. The van der Waals surface area contributed by atoms with Crippen LogP contribution in [0.25, 0.3) is 0 Å². The first-order chi connectivity index (χ1) is 16.6. The number of fused-ring (bicyclic) bond motifs is 5. The Bertz CT molecular complexity index is 1360. The van der Waals surface area contributed by atoms with Gasteiger partial charge in [-0.05, 0) is 35.4 Å². The van der Waals surface area contributed by atoms with Crippen LogP contribution in [0.3, 0.4) is 0 Å². The van der Waals surface area contributed by atoms with Crippen molar-refractivity contribution < 1.29 is 18.8 Å². The molecule has 0 aliphatic carbocycles. The number of hydrogen-bond donors (Lipinski definition) is 1. The van der Waals surface area contributed by atoms with Crippen molar-refractivity contribution in [1.82, 2.24) is 5.01 Å². The van der Waals surface area contributed by atoms with Gasteiger partial charge in [0.1, 0.15) is 11.9 Å². The van der Waals surface area contributed by atoms with Crippen LogP contribution >= 0.6 is 0 Å². The monoisotopic (exact) mass is 454 g/mol. The number of carbonyl (C=O) groups excluding carboxylic acids is 3. The molecule has 3 heterocycles. The lowest BCUT2D eigenvalue weighted by molar-refractivity contribution is -0.129. The van der Waals surface area contributed by atoms with E-state index in [0.717, 1.165) is 16.0 Å². The van der Waals surface area contributed by atoms with Crippen molar-refractivity contribution in [2.45, 2.75) is 12.1 Å². The number of para-hydroxylation sites is 2. The highest BCUT2D eigenvalue weighted by molar-refractivity contribution is 6.24. The quantitative estimate of drug-likeness (QED) is 0.616. The average Bonchev–Trinajstić information content (AvgIpc) is 3.33. The van der Waals surface area contributed by atoms with Crippen molar-refractivity contribution in [2.24, 2.45) is 16.9 Å². The topological polar surface area (TPSA) is 82.1 Å². The van der Waals surface area contributed by atoms with Crippen molar-refractivity contribution in [2.75, 3.05) is 10.2 Å². The minimum absolute atomic E-state index is 0.103. The van der Waals surface area contributed by atoms with Gasteiger partial charge in [0.25, 0.3) is 0 Å². The highest BCUT2D eigenvalue weighted by atomic mass is 19.1. The Labute approximate surface area is 194 Å². The Hall–Kier alpha value is -4.33. The predicted molar refractivity (Wildman–Crippen MR) is 123 cm³/mol. The van der Waals surface area contributed by atoms with Crippen LogP contribution in [0.5, 0.6) is 0 Å². The first-order valence-corrected chi connectivity index (χ1v) is 11.0. The number of hydrogen-bond acceptors (Lipinski definition) is 5. The average molecular weight is 454 g/mol.